The maximum Gasteiger partial charge on any atom is 0.0924 e. The van der Waals surface area contributed by atoms with Crippen molar-refractivity contribution in [3.63, 3.8) is 0 Å². The number of benzene rings is 1. The second kappa shape index (κ2) is 5.88. The third-order valence-corrected chi connectivity index (χ3v) is 4.39. The van der Waals surface area contributed by atoms with Crippen molar-refractivity contribution in [1.82, 2.24) is 9.78 Å². The molecule has 0 aliphatic carbocycles. The molecule has 1 N–H and O–H groups in total. The molecule has 1 unspecified atom stereocenters. The van der Waals surface area contributed by atoms with Crippen molar-refractivity contribution in [3.8, 4) is 0 Å². The van der Waals surface area contributed by atoms with Gasteiger partial charge in [0.1, 0.15) is 0 Å². The minimum Gasteiger partial charge on any atom is -0.385 e. The summed E-state index contributed by atoms with van der Waals surface area (Å²) in [5.74, 6) is 0. The van der Waals surface area contributed by atoms with Crippen molar-refractivity contribution in [3.05, 3.63) is 50.7 Å². The van der Waals surface area contributed by atoms with Crippen molar-refractivity contribution < 1.29 is 5.11 Å². The first-order valence-corrected chi connectivity index (χ1v) is 7.71. The zero-order valence-electron chi connectivity index (χ0n) is 11.8. The molecular weight excluding hydrogens is 340 g/mol. The number of aryl methyl sites for hydroxylation is 2. The highest BCUT2D eigenvalue weighted by Crippen LogP contribution is 2.31. The standard InChI is InChI=1S/C15H18BrClN2O/c1-4-12-14(17)13(19(3)18-12)9-15(2,20)10-6-5-7-11(16)8-10/h5-8,20H,4,9H2,1-3H3. The summed E-state index contributed by atoms with van der Waals surface area (Å²) in [5.41, 5.74) is 1.58. The van der Waals surface area contributed by atoms with Gasteiger partial charge in [0.25, 0.3) is 0 Å². The minimum absolute atomic E-state index is 0.422. The highest BCUT2D eigenvalue weighted by atomic mass is 79.9. The Morgan fingerprint density at radius 3 is 2.70 bits per heavy atom. The normalized spacial score (nSPS) is 14.3. The van der Waals surface area contributed by atoms with Gasteiger partial charge in [0.15, 0.2) is 0 Å². The van der Waals surface area contributed by atoms with Gasteiger partial charge in [-0.15, -0.1) is 0 Å². The van der Waals surface area contributed by atoms with Crippen LogP contribution in [0.25, 0.3) is 0 Å². The molecule has 0 amide bonds. The summed E-state index contributed by atoms with van der Waals surface area (Å²) in [5, 5.41) is 15.8. The Bertz CT molecular complexity index is 622. The lowest BCUT2D eigenvalue weighted by molar-refractivity contribution is 0.0556. The summed E-state index contributed by atoms with van der Waals surface area (Å²) < 4.78 is 2.70. The average molecular weight is 358 g/mol. The van der Waals surface area contributed by atoms with Gasteiger partial charge in [0.05, 0.1) is 22.0 Å². The largest absolute Gasteiger partial charge is 0.385 e. The first-order valence-electron chi connectivity index (χ1n) is 6.54. The van der Waals surface area contributed by atoms with Gasteiger partial charge in [0.2, 0.25) is 0 Å². The number of hydrogen-bond acceptors (Lipinski definition) is 2. The molecule has 1 aromatic carbocycles. The van der Waals surface area contributed by atoms with Gasteiger partial charge in [-0.3, -0.25) is 4.68 Å². The Hall–Kier alpha value is -0.840. The van der Waals surface area contributed by atoms with Crippen LogP contribution in [0.4, 0.5) is 0 Å². The molecule has 0 saturated heterocycles. The van der Waals surface area contributed by atoms with Crippen LogP contribution in [-0.2, 0) is 25.5 Å². The summed E-state index contributed by atoms with van der Waals surface area (Å²) >= 11 is 9.78. The Balaban J connectivity index is 2.35. The molecule has 0 aliphatic rings. The number of hydrogen-bond donors (Lipinski definition) is 1. The summed E-state index contributed by atoms with van der Waals surface area (Å²) in [6.07, 6.45) is 1.21. The Morgan fingerprint density at radius 1 is 1.45 bits per heavy atom. The van der Waals surface area contributed by atoms with Gasteiger partial charge in [-0.1, -0.05) is 46.6 Å². The van der Waals surface area contributed by atoms with Crippen LogP contribution in [0.5, 0.6) is 0 Å². The second-order valence-electron chi connectivity index (χ2n) is 5.15. The van der Waals surface area contributed by atoms with E-state index in [-0.39, 0.29) is 0 Å². The molecule has 2 rings (SSSR count). The molecule has 0 fully saturated rings. The molecule has 0 aliphatic heterocycles. The van der Waals surface area contributed by atoms with E-state index in [1.807, 2.05) is 38.2 Å². The van der Waals surface area contributed by atoms with Gasteiger partial charge in [-0.05, 0) is 31.0 Å². The topological polar surface area (TPSA) is 38.0 Å². The van der Waals surface area contributed by atoms with Crippen molar-refractivity contribution in [2.45, 2.75) is 32.3 Å². The smallest absolute Gasteiger partial charge is 0.0924 e. The molecule has 0 radical (unpaired) electrons. The monoisotopic (exact) mass is 356 g/mol. The summed E-state index contributed by atoms with van der Waals surface area (Å²) in [6, 6.07) is 7.68. The second-order valence-corrected chi connectivity index (χ2v) is 6.44. The van der Waals surface area contributed by atoms with Crippen LogP contribution in [0.3, 0.4) is 0 Å². The zero-order valence-corrected chi connectivity index (χ0v) is 14.2. The van der Waals surface area contributed by atoms with E-state index in [0.29, 0.717) is 11.4 Å². The van der Waals surface area contributed by atoms with E-state index in [2.05, 4.69) is 21.0 Å². The Labute approximate surface area is 132 Å². The Kier molecular flexibility index (Phi) is 4.57. The summed E-state index contributed by atoms with van der Waals surface area (Å²) in [4.78, 5) is 0. The van der Waals surface area contributed by atoms with Crippen LogP contribution < -0.4 is 0 Å². The fourth-order valence-electron chi connectivity index (χ4n) is 2.26. The predicted molar refractivity (Wildman–Crippen MR) is 85.0 cm³/mol. The molecule has 3 nitrogen and oxygen atoms in total. The molecule has 0 spiro atoms. The van der Waals surface area contributed by atoms with E-state index in [9.17, 15) is 5.11 Å². The van der Waals surface area contributed by atoms with Gasteiger partial charge in [0, 0.05) is 17.9 Å². The van der Waals surface area contributed by atoms with Gasteiger partial charge >= 0.3 is 0 Å². The molecular formula is C15H18BrClN2O. The lowest BCUT2D eigenvalue weighted by Gasteiger charge is -2.24. The van der Waals surface area contributed by atoms with Gasteiger partial charge in [-0.25, -0.2) is 0 Å². The zero-order chi connectivity index (χ0) is 14.9. The predicted octanol–water partition coefficient (Wildman–Crippen LogP) is 3.85. The summed E-state index contributed by atoms with van der Waals surface area (Å²) in [6.45, 7) is 3.81. The number of rotatable bonds is 4. The van der Waals surface area contributed by atoms with Crippen LogP contribution in [0.15, 0.2) is 28.7 Å². The maximum absolute atomic E-state index is 10.8. The molecule has 1 aromatic heterocycles. The van der Waals surface area contributed by atoms with Crippen molar-refractivity contribution in [2.75, 3.05) is 0 Å². The van der Waals surface area contributed by atoms with E-state index in [1.54, 1.807) is 11.6 Å². The number of nitrogens with zero attached hydrogens (tertiary/aromatic N) is 2. The van der Waals surface area contributed by atoms with Gasteiger partial charge < -0.3 is 5.11 Å². The quantitative estimate of drug-likeness (QED) is 0.902. The lowest BCUT2D eigenvalue weighted by atomic mass is 9.91. The molecule has 20 heavy (non-hydrogen) atoms. The van der Waals surface area contributed by atoms with Crippen LogP contribution in [0, 0.1) is 0 Å². The average Bonchev–Trinajstić information content (AvgIpc) is 2.66. The van der Waals surface area contributed by atoms with Crippen LogP contribution in [0.2, 0.25) is 5.02 Å². The fraction of sp³-hybridized carbons (Fsp3) is 0.400. The molecule has 1 atom stereocenters. The van der Waals surface area contributed by atoms with Crippen molar-refractivity contribution in [2.24, 2.45) is 7.05 Å². The summed E-state index contributed by atoms with van der Waals surface area (Å²) in [7, 11) is 1.86. The third-order valence-electron chi connectivity index (χ3n) is 3.46. The van der Waals surface area contributed by atoms with E-state index in [1.165, 1.54) is 0 Å². The SMILES string of the molecule is CCc1nn(C)c(CC(C)(O)c2cccc(Br)c2)c1Cl. The van der Waals surface area contributed by atoms with E-state index >= 15 is 0 Å². The fourth-order valence-corrected chi connectivity index (χ4v) is 3.02. The van der Waals surface area contributed by atoms with Crippen LogP contribution in [-0.4, -0.2) is 14.9 Å². The highest BCUT2D eigenvalue weighted by Gasteiger charge is 2.27. The first-order chi connectivity index (χ1) is 9.35. The molecule has 0 bridgehead atoms. The van der Waals surface area contributed by atoms with Crippen molar-refractivity contribution >= 4 is 27.5 Å². The maximum atomic E-state index is 10.8. The van der Waals surface area contributed by atoms with E-state index in [4.69, 9.17) is 11.6 Å². The first kappa shape index (κ1) is 15.5. The van der Waals surface area contributed by atoms with E-state index in [0.717, 1.165) is 27.8 Å². The third kappa shape index (κ3) is 3.08. The Morgan fingerprint density at radius 2 is 2.15 bits per heavy atom. The van der Waals surface area contributed by atoms with Crippen LogP contribution in [0.1, 0.15) is 30.8 Å². The molecule has 108 valence electrons. The number of aliphatic hydroxyl groups is 1. The number of halogens is 2. The highest BCUT2D eigenvalue weighted by molar-refractivity contribution is 9.10. The molecule has 0 saturated carbocycles. The lowest BCUT2D eigenvalue weighted by Crippen LogP contribution is -2.25. The van der Waals surface area contributed by atoms with E-state index < -0.39 is 5.60 Å². The van der Waals surface area contributed by atoms with Gasteiger partial charge in [-0.2, -0.15) is 5.10 Å². The molecule has 1 heterocycles. The number of aromatic nitrogens is 2. The molecule has 5 heteroatoms. The molecule has 2 aromatic rings. The van der Waals surface area contributed by atoms with Crippen LogP contribution >= 0.6 is 27.5 Å². The van der Waals surface area contributed by atoms with Crippen molar-refractivity contribution in [1.29, 1.82) is 0 Å². The minimum atomic E-state index is -0.994.